The molecule has 0 saturated heterocycles. The Kier molecular flexibility index (Phi) is 5.38. The van der Waals surface area contributed by atoms with Gasteiger partial charge in [0.1, 0.15) is 5.82 Å². The minimum atomic E-state index is 0.223. The first-order valence-electron chi connectivity index (χ1n) is 10.2. The van der Waals surface area contributed by atoms with Crippen molar-refractivity contribution in [2.24, 2.45) is 0 Å². The monoisotopic (exact) mass is 454 g/mol. The van der Waals surface area contributed by atoms with Gasteiger partial charge in [0, 0.05) is 23.5 Å². The second-order valence-electron chi connectivity index (χ2n) is 7.67. The number of hydrogen-bond acceptors (Lipinski definition) is 6. The molecule has 2 N–H and O–H groups in total. The van der Waals surface area contributed by atoms with E-state index in [1.54, 1.807) is 24.4 Å². The molecule has 1 saturated carbocycles. The summed E-state index contributed by atoms with van der Waals surface area (Å²) in [5.74, 6) is 0.766. The summed E-state index contributed by atoms with van der Waals surface area (Å²) < 4.78 is 7.92. The van der Waals surface area contributed by atoms with Crippen molar-refractivity contribution in [3.63, 3.8) is 0 Å². The van der Waals surface area contributed by atoms with Crippen LogP contribution in [-0.4, -0.2) is 25.0 Å². The van der Waals surface area contributed by atoms with Crippen LogP contribution in [0.25, 0.3) is 34.0 Å². The normalized spacial score (nSPS) is 14.8. The van der Waals surface area contributed by atoms with Gasteiger partial charge in [0.05, 0.1) is 33.4 Å². The molecule has 1 aliphatic rings. The van der Waals surface area contributed by atoms with Crippen LogP contribution in [0.5, 0.6) is 0 Å². The van der Waals surface area contributed by atoms with Crippen molar-refractivity contribution in [1.82, 2.24) is 25.0 Å². The minimum Gasteiger partial charge on any atom is -0.416 e. The highest BCUT2D eigenvalue weighted by atomic mass is 35.5. The average Bonchev–Trinajstić information content (AvgIpc) is 3.45. The molecule has 0 amide bonds. The molecule has 3 heterocycles. The lowest BCUT2D eigenvalue weighted by atomic mass is 9.96. The second kappa shape index (κ2) is 8.32. The van der Waals surface area contributed by atoms with Crippen molar-refractivity contribution in [2.75, 3.05) is 5.73 Å². The maximum Gasteiger partial charge on any atom is 0.251 e. The van der Waals surface area contributed by atoms with E-state index in [4.69, 9.17) is 33.4 Å². The third-order valence-corrected chi connectivity index (χ3v) is 6.26. The molecule has 0 bridgehead atoms. The van der Waals surface area contributed by atoms with Crippen LogP contribution in [0, 0.1) is 0 Å². The molecular formula is C22H20Cl2N6O. The predicted molar refractivity (Wildman–Crippen MR) is 121 cm³/mol. The van der Waals surface area contributed by atoms with Crippen molar-refractivity contribution >= 4 is 29.0 Å². The van der Waals surface area contributed by atoms with Gasteiger partial charge in [-0.15, -0.1) is 10.2 Å². The van der Waals surface area contributed by atoms with Gasteiger partial charge in [0.15, 0.2) is 0 Å². The lowest BCUT2D eigenvalue weighted by Crippen LogP contribution is -2.12. The molecule has 31 heavy (non-hydrogen) atoms. The zero-order valence-corrected chi connectivity index (χ0v) is 18.1. The van der Waals surface area contributed by atoms with E-state index in [0.29, 0.717) is 33.0 Å². The van der Waals surface area contributed by atoms with Crippen molar-refractivity contribution in [3.8, 4) is 34.0 Å². The number of hydrogen-bond donors (Lipinski definition) is 1. The molecule has 1 aromatic carbocycles. The molecule has 7 nitrogen and oxygen atoms in total. The first-order chi connectivity index (χ1) is 15.1. The van der Waals surface area contributed by atoms with Crippen molar-refractivity contribution in [3.05, 3.63) is 52.9 Å². The Hall–Kier alpha value is -2.90. The molecule has 0 atom stereocenters. The molecule has 1 aliphatic carbocycles. The van der Waals surface area contributed by atoms with Crippen LogP contribution >= 0.6 is 23.2 Å². The van der Waals surface area contributed by atoms with Crippen LogP contribution in [0.1, 0.15) is 38.1 Å². The third kappa shape index (κ3) is 3.91. The highest BCUT2D eigenvalue weighted by molar-refractivity contribution is 6.38. The van der Waals surface area contributed by atoms with Gasteiger partial charge in [0.2, 0.25) is 0 Å². The molecule has 5 rings (SSSR count). The SMILES string of the molecule is Nc1ncc(-c2cnn(C3CCCCC3)c2)cc1-c1nnc(-c2c(Cl)cccc2Cl)o1. The van der Waals surface area contributed by atoms with Crippen LogP contribution < -0.4 is 5.73 Å². The molecule has 1 fully saturated rings. The molecule has 0 radical (unpaired) electrons. The standard InChI is InChI=1S/C22H20Cl2N6O/c23-17-7-4-8-18(24)19(17)22-29-28-21(31-22)16-9-13(10-26-20(16)25)14-11-27-30(12-14)15-5-2-1-3-6-15/h4,7-12,15H,1-3,5-6H2,(H2,25,26). The maximum atomic E-state index is 6.26. The van der Waals surface area contributed by atoms with Crippen molar-refractivity contribution < 1.29 is 4.42 Å². The van der Waals surface area contributed by atoms with Gasteiger partial charge in [-0.25, -0.2) is 4.98 Å². The zero-order chi connectivity index (χ0) is 21.4. The summed E-state index contributed by atoms with van der Waals surface area (Å²) >= 11 is 12.5. The number of pyridine rings is 1. The summed E-state index contributed by atoms with van der Waals surface area (Å²) in [5, 5.41) is 13.7. The number of halogens is 2. The van der Waals surface area contributed by atoms with E-state index >= 15 is 0 Å². The van der Waals surface area contributed by atoms with Crippen LogP contribution in [0.2, 0.25) is 10.0 Å². The van der Waals surface area contributed by atoms with Crippen molar-refractivity contribution in [2.45, 2.75) is 38.1 Å². The quantitative estimate of drug-likeness (QED) is 0.402. The number of anilines is 1. The summed E-state index contributed by atoms with van der Waals surface area (Å²) in [6, 6.07) is 7.53. The second-order valence-corrected chi connectivity index (χ2v) is 8.48. The van der Waals surface area contributed by atoms with Gasteiger partial charge >= 0.3 is 0 Å². The smallest absolute Gasteiger partial charge is 0.251 e. The first kappa shape index (κ1) is 20.0. The van der Waals surface area contributed by atoms with Gasteiger partial charge in [-0.3, -0.25) is 4.68 Å². The highest BCUT2D eigenvalue weighted by Crippen LogP contribution is 2.36. The molecule has 4 aromatic rings. The van der Waals surface area contributed by atoms with Gasteiger partial charge in [0.25, 0.3) is 11.8 Å². The number of aromatic nitrogens is 5. The highest BCUT2D eigenvalue weighted by Gasteiger charge is 2.20. The van der Waals surface area contributed by atoms with Gasteiger partial charge < -0.3 is 10.2 Å². The fourth-order valence-electron chi connectivity index (χ4n) is 3.97. The fourth-order valence-corrected chi connectivity index (χ4v) is 4.53. The Bertz CT molecular complexity index is 1210. The summed E-state index contributed by atoms with van der Waals surface area (Å²) in [7, 11) is 0. The summed E-state index contributed by atoms with van der Waals surface area (Å²) in [6.07, 6.45) is 11.8. The first-order valence-corrected chi connectivity index (χ1v) is 10.9. The number of nitrogen functional groups attached to an aromatic ring is 1. The van der Waals surface area contributed by atoms with Gasteiger partial charge in [-0.1, -0.05) is 48.5 Å². The molecular weight excluding hydrogens is 435 g/mol. The molecule has 0 aliphatic heterocycles. The van der Waals surface area contributed by atoms with Crippen molar-refractivity contribution in [1.29, 1.82) is 0 Å². The molecule has 158 valence electrons. The Balaban J connectivity index is 1.47. The minimum absolute atomic E-state index is 0.223. The molecule has 3 aromatic heterocycles. The van der Waals surface area contributed by atoms with Crippen LogP contribution in [-0.2, 0) is 0 Å². The fraction of sp³-hybridized carbons (Fsp3) is 0.273. The lowest BCUT2D eigenvalue weighted by molar-refractivity contribution is 0.329. The average molecular weight is 455 g/mol. The van der Waals surface area contributed by atoms with E-state index in [0.717, 1.165) is 11.1 Å². The van der Waals surface area contributed by atoms with Crippen LogP contribution in [0.3, 0.4) is 0 Å². The molecule has 9 heteroatoms. The van der Waals surface area contributed by atoms with E-state index in [2.05, 4.69) is 31.2 Å². The van der Waals surface area contributed by atoms with E-state index < -0.39 is 0 Å². The van der Waals surface area contributed by atoms with E-state index in [9.17, 15) is 0 Å². The number of nitrogens with zero attached hydrogens (tertiary/aromatic N) is 5. The lowest BCUT2D eigenvalue weighted by Gasteiger charge is -2.21. The Morgan fingerprint density at radius 3 is 2.48 bits per heavy atom. The topological polar surface area (TPSA) is 95.7 Å². The van der Waals surface area contributed by atoms with Crippen LogP contribution in [0.15, 0.2) is 47.3 Å². The van der Waals surface area contributed by atoms with E-state index in [1.165, 1.54) is 32.1 Å². The predicted octanol–water partition coefficient (Wildman–Crippen LogP) is 6.06. The van der Waals surface area contributed by atoms with Gasteiger partial charge in [-0.2, -0.15) is 5.10 Å². The summed E-state index contributed by atoms with van der Waals surface area (Å²) in [6.45, 7) is 0. The van der Waals surface area contributed by atoms with Gasteiger partial charge in [-0.05, 0) is 31.0 Å². The Morgan fingerprint density at radius 2 is 1.71 bits per heavy atom. The Morgan fingerprint density at radius 1 is 0.968 bits per heavy atom. The maximum absolute atomic E-state index is 6.26. The third-order valence-electron chi connectivity index (χ3n) is 5.63. The Labute approximate surface area is 189 Å². The summed E-state index contributed by atoms with van der Waals surface area (Å²) in [5.41, 5.74) is 8.99. The number of rotatable bonds is 4. The summed E-state index contributed by atoms with van der Waals surface area (Å²) in [4.78, 5) is 4.33. The van der Waals surface area contributed by atoms with E-state index in [-0.39, 0.29) is 11.8 Å². The molecule has 0 spiro atoms. The number of nitrogens with two attached hydrogens (primary N) is 1. The number of benzene rings is 1. The van der Waals surface area contributed by atoms with Crippen LogP contribution in [0.4, 0.5) is 5.82 Å². The zero-order valence-electron chi connectivity index (χ0n) is 16.6. The largest absolute Gasteiger partial charge is 0.416 e. The van der Waals surface area contributed by atoms with E-state index in [1.807, 2.05) is 12.3 Å². The molecule has 0 unspecified atom stereocenters.